The highest BCUT2D eigenvalue weighted by Gasteiger charge is 2.64. The molecule has 3 atom stereocenters. The monoisotopic (exact) mass is 621 g/mol. The summed E-state index contributed by atoms with van der Waals surface area (Å²) in [7, 11) is 2.45. The molecule has 1 N–H and O–H groups in total. The van der Waals surface area contributed by atoms with Crippen LogP contribution in [0.1, 0.15) is 23.1 Å². The highest BCUT2D eigenvalue weighted by Crippen LogP contribution is 2.54. The molecule has 2 aliphatic rings. The first-order chi connectivity index (χ1) is 21.0. The van der Waals surface area contributed by atoms with Crippen molar-refractivity contribution in [2.45, 2.75) is 29.0 Å². The Morgan fingerprint density at radius 1 is 1.09 bits per heavy atom. The van der Waals surface area contributed by atoms with E-state index < -0.39 is 39.5 Å². The number of amides is 2. The summed E-state index contributed by atoms with van der Waals surface area (Å²) in [6.07, 6.45) is 0.382. The van der Waals surface area contributed by atoms with Gasteiger partial charge in [-0.05, 0) is 48.9 Å². The molecule has 2 aliphatic heterocycles. The van der Waals surface area contributed by atoms with Gasteiger partial charge in [-0.15, -0.1) is 0 Å². The van der Waals surface area contributed by atoms with Crippen LogP contribution in [0.4, 0.5) is 5.69 Å². The van der Waals surface area contributed by atoms with Crippen LogP contribution in [0.3, 0.4) is 0 Å². The first-order valence-corrected chi connectivity index (χ1v) is 14.9. The zero-order valence-corrected chi connectivity index (χ0v) is 25.5. The second-order valence-corrected chi connectivity index (χ2v) is 12.3. The summed E-state index contributed by atoms with van der Waals surface area (Å²) < 4.78 is 46.0. The highest BCUT2D eigenvalue weighted by molar-refractivity contribution is 7.93. The standard InChI is InChI=1S/C30H31N5O8S/c1-33(2)28(37)24-14-19(36)17-34(24)30(21-7-6-12-32-27(21)43-5)22-13-18(16-31)8-10-23(22)35(29(30)38)44(39,40)26-11-9-20(41-3)15-25(26)42-4/h6-13,15,19,24,36H,14,17H2,1-5H3/t19-,24+,30?/m1/s1. The third kappa shape index (κ3) is 4.52. The smallest absolute Gasteiger partial charge is 0.274 e. The number of aromatic nitrogens is 1. The van der Waals surface area contributed by atoms with Gasteiger partial charge in [0.2, 0.25) is 11.8 Å². The molecule has 1 saturated heterocycles. The zero-order chi connectivity index (χ0) is 32.0. The fraction of sp³-hybridized carbons (Fsp3) is 0.333. The van der Waals surface area contributed by atoms with Crippen LogP contribution in [0.5, 0.6) is 17.4 Å². The first-order valence-electron chi connectivity index (χ1n) is 13.5. The van der Waals surface area contributed by atoms with E-state index in [0.29, 0.717) is 10.1 Å². The third-order valence-corrected chi connectivity index (χ3v) is 9.64. The Morgan fingerprint density at radius 3 is 2.48 bits per heavy atom. The number of fused-ring (bicyclic) bond motifs is 1. The molecule has 14 heteroatoms. The van der Waals surface area contributed by atoms with E-state index in [-0.39, 0.29) is 51.9 Å². The summed E-state index contributed by atoms with van der Waals surface area (Å²) in [4.78, 5) is 35.6. The predicted molar refractivity (Wildman–Crippen MR) is 157 cm³/mol. The number of nitrogens with zero attached hydrogens (tertiary/aromatic N) is 5. The average Bonchev–Trinajstić information content (AvgIpc) is 3.54. The van der Waals surface area contributed by atoms with E-state index in [4.69, 9.17) is 14.2 Å². The van der Waals surface area contributed by atoms with E-state index in [1.807, 2.05) is 0 Å². The molecular weight excluding hydrogens is 590 g/mol. The number of likely N-dealkylation sites (tertiary alicyclic amines) is 1. The molecule has 1 aromatic heterocycles. The summed E-state index contributed by atoms with van der Waals surface area (Å²) in [6, 6.07) is 12.4. The van der Waals surface area contributed by atoms with Gasteiger partial charge < -0.3 is 24.2 Å². The minimum Gasteiger partial charge on any atom is -0.497 e. The third-order valence-electron chi connectivity index (χ3n) is 7.91. The summed E-state index contributed by atoms with van der Waals surface area (Å²) in [5.74, 6) is -1.13. The van der Waals surface area contributed by atoms with Gasteiger partial charge in [0.1, 0.15) is 16.4 Å². The maximum Gasteiger partial charge on any atom is 0.274 e. The molecule has 0 aliphatic carbocycles. The summed E-state index contributed by atoms with van der Waals surface area (Å²) in [5, 5.41) is 20.8. The maximum absolute atomic E-state index is 15.2. The number of carbonyl (C=O) groups is 2. The number of rotatable bonds is 8. The Bertz CT molecular complexity index is 1790. The van der Waals surface area contributed by atoms with Gasteiger partial charge in [-0.3, -0.25) is 14.5 Å². The second-order valence-electron chi connectivity index (χ2n) is 10.5. The molecule has 0 bridgehead atoms. The molecule has 2 amide bonds. The second kappa shape index (κ2) is 11.4. The van der Waals surface area contributed by atoms with Crippen LogP contribution in [-0.4, -0.2) is 94.2 Å². The van der Waals surface area contributed by atoms with Crippen molar-refractivity contribution in [1.29, 1.82) is 5.26 Å². The molecule has 2 aromatic carbocycles. The highest BCUT2D eigenvalue weighted by atomic mass is 32.2. The topological polar surface area (TPSA) is 163 Å². The van der Waals surface area contributed by atoms with Crippen LogP contribution in [0.2, 0.25) is 0 Å². The van der Waals surface area contributed by atoms with Crippen molar-refractivity contribution in [2.75, 3.05) is 46.3 Å². The molecule has 0 saturated carbocycles. The minimum atomic E-state index is -4.71. The molecule has 1 unspecified atom stereocenters. The molecule has 0 spiro atoms. The van der Waals surface area contributed by atoms with E-state index in [0.717, 1.165) is 0 Å². The average molecular weight is 622 g/mol. The number of aliphatic hydroxyl groups excluding tert-OH is 1. The van der Waals surface area contributed by atoms with Crippen LogP contribution in [-0.2, 0) is 25.2 Å². The molecule has 5 rings (SSSR count). The molecule has 3 heterocycles. The van der Waals surface area contributed by atoms with Gasteiger partial charge in [-0.2, -0.15) is 5.26 Å². The van der Waals surface area contributed by atoms with Gasteiger partial charge in [0, 0.05) is 44.0 Å². The number of sulfonamides is 1. The summed E-state index contributed by atoms with van der Waals surface area (Å²) >= 11 is 0. The number of hydrogen-bond acceptors (Lipinski definition) is 11. The molecule has 44 heavy (non-hydrogen) atoms. The van der Waals surface area contributed by atoms with Crippen molar-refractivity contribution in [1.82, 2.24) is 14.8 Å². The Morgan fingerprint density at radius 2 is 1.84 bits per heavy atom. The van der Waals surface area contributed by atoms with E-state index >= 15 is 4.79 Å². The zero-order valence-electron chi connectivity index (χ0n) is 24.7. The lowest BCUT2D eigenvalue weighted by molar-refractivity contribution is -0.138. The van der Waals surface area contributed by atoms with Crippen LogP contribution >= 0.6 is 0 Å². The normalized spacial score (nSPS) is 21.5. The van der Waals surface area contributed by atoms with Crippen LogP contribution in [0, 0.1) is 11.3 Å². The van der Waals surface area contributed by atoms with E-state index in [2.05, 4.69) is 11.1 Å². The number of anilines is 1. The molecular formula is C30H31N5O8S. The number of pyridine rings is 1. The molecule has 0 radical (unpaired) electrons. The number of likely N-dealkylation sites (N-methyl/N-ethyl adjacent to an activating group) is 1. The molecule has 3 aromatic rings. The van der Waals surface area contributed by atoms with Crippen LogP contribution < -0.4 is 18.5 Å². The van der Waals surface area contributed by atoms with Gasteiger partial charge in [0.25, 0.3) is 15.9 Å². The maximum atomic E-state index is 15.2. The predicted octanol–water partition coefficient (Wildman–Crippen LogP) is 1.48. The number of β-amino-alcohol motifs (C(OH)–C–C–N with tert-alkyl or cyclic N) is 1. The summed E-state index contributed by atoms with van der Waals surface area (Å²) in [6.45, 7) is -0.177. The van der Waals surface area contributed by atoms with Crippen molar-refractivity contribution in [2.24, 2.45) is 0 Å². The van der Waals surface area contributed by atoms with E-state index in [9.17, 15) is 23.6 Å². The molecule has 1 fully saturated rings. The van der Waals surface area contributed by atoms with Gasteiger partial charge in [-0.1, -0.05) is 0 Å². The Balaban J connectivity index is 1.89. The summed E-state index contributed by atoms with van der Waals surface area (Å²) in [5.41, 5.74) is -1.73. The number of aliphatic hydroxyl groups is 1. The van der Waals surface area contributed by atoms with Crippen LogP contribution in [0.15, 0.2) is 59.6 Å². The molecule has 230 valence electrons. The first kappa shape index (κ1) is 30.7. The largest absolute Gasteiger partial charge is 0.497 e. The fourth-order valence-corrected chi connectivity index (χ4v) is 7.61. The van der Waals surface area contributed by atoms with E-state index in [1.165, 1.54) is 73.7 Å². The van der Waals surface area contributed by atoms with E-state index in [1.54, 1.807) is 26.2 Å². The van der Waals surface area contributed by atoms with Gasteiger partial charge in [0.05, 0.1) is 50.8 Å². The SMILES string of the molecule is COc1ccc(S(=O)(=O)N2C(=O)C(c3cccnc3OC)(N3C[C@H](O)C[C@H]3C(=O)N(C)C)c3cc(C#N)ccc32)c(OC)c1. The number of ether oxygens (including phenoxy) is 3. The number of methoxy groups -OCH3 is 3. The lowest BCUT2D eigenvalue weighted by Crippen LogP contribution is -2.59. The lowest BCUT2D eigenvalue weighted by Gasteiger charge is -2.41. The minimum absolute atomic E-state index is 0.00659. The van der Waals surface area contributed by atoms with Gasteiger partial charge in [-0.25, -0.2) is 17.7 Å². The van der Waals surface area contributed by atoms with Gasteiger partial charge >= 0.3 is 0 Å². The quantitative estimate of drug-likeness (QED) is 0.388. The van der Waals surface area contributed by atoms with Crippen LogP contribution in [0.25, 0.3) is 0 Å². The lowest BCUT2D eigenvalue weighted by atomic mass is 9.81. The van der Waals surface area contributed by atoms with Gasteiger partial charge in [0.15, 0.2) is 5.54 Å². The van der Waals surface area contributed by atoms with Crippen molar-refractivity contribution in [3.63, 3.8) is 0 Å². The fourth-order valence-electron chi connectivity index (χ4n) is 6.01. The van der Waals surface area contributed by atoms with Crippen molar-refractivity contribution in [3.8, 4) is 23.4 Å². The van der Waals surface area contributed by atoms with Crippen molar-refractivity contribution >= 4 is 27.5 Å². The number of carbonyl (C=O) groups excluding carboxylic acids is 2. The van der Waals surface area contributed by atoms with Crippen molar-refractivity contribution in [3.05, 3.63) is 71.4 Å². The number of hydrogen-bond donors (Lipinski definition) is 1. The Hall–Kier alpha value is -4.71. The molecule has 13 nitrogen and oxygen atoms in total. The number of nitriles is 1. The Labute approximate surface area is 254 Å². The Kier molecular flexibility index (Phi) is 7.98. The van der Waals surface area contributed by atoms with Crippen molar-refractivity contribution < 1.29 is 37.3 Å². The number of benzene rings is 2.